The third-order valence-electron chi connectivity index (χ3n) is 4.83. The van der Waals surface area contributed by atoms with Crippen molar-refractivity contribution < 1.29 is 14.3 Å². The number of anilines is 1. The quantitative estimate of drug-likeness (QED) is 0.813. The topological polar surface area (TPSA) is 63.7 Å². The summed E-state index contributed by atoms with van der Waals surface area (Å²) in [7, 11) is 3.24. The van der Waals surface area contributed by atoms with Crippen molar-refractivity contribution in [3.63, 3.8) is 0 Å². The van der Waals surface area contributed by atoms with E-state index in [1.807, 2.05) is 30.3 Å². The molecule has 1 N–H and O–H groups in total. The van der Waals surface area contributed by atoms with Crippen molar-refractivity contribution in [3.8, 4) is 11.5 Å². The average molecular weight is 369 g/mol. The molecule has 1 aliphatic heterocycles. The molecule has 1 aromatic carbocycles. The Bertz CT molecular complexity index is 773. The maximum atomic E-state index is 12.7. The van der Waals surface area contributed by atoms with E-state index in [0.29, 0.717) is 30.0 Å². The molecule has 2 heterocycles. The van der Waals surface area contributed by atoms with Crippen molar-refractivity contribution in [1.82, 2.24) is 10.3 Å². The van der Waals surface area contributed by atoms with E-state index in [2.05, 4.69) is 15.2 Å². The van der Waals surface area contributed by atoms with Gasteiger partial charge in [-0.15, -0.1) is 0 Å². The Morgan fingerprint density at radius 2 is 1.89 bits per heavy atom. The second kappa shape index (κ2) is 9.26. The van der Waals surface area contributed by atoms with Gasteiger partial charge in [0.15, 0.2) is 11.5 Å². The minimum Gasteiger partial charge on any atom is -0.493 e. The lowest BCUT2D eigenvalue weighted by Gasteiger charge is -2.29. The van der Waals surface area contributed by atoms with E-state index in [9.17, 15) is 4.79 Å². The Morgan fingerprint density at radius 3 is 2.63 bits per heavy atom. The number of hydrogen-bond acceptors (Lipinski definition) is 5. The number of ether oxygens (including phenoxy) is 2. The molecule has 0 unspecified atom stereocenters. The number of piperidine rings is 1. The van der Waals surface area contributed by atoms with Gasteiger partial charge < -0.3 is 19.7 Å². The largest absolute Gasteiger partial charge is 0.493 e. The number of rotatable bonds is 7. The third-order valence-corrected chi connectivity index (χ3v) is 4.83. The van der Waals surface area contributed by atoms with Crippen LogP contribution in [0.2, 0.25) is 0 Å². The fourth-order valence-electron chi connectivity index (χ4n) is 3.38. The Hall–Kier alpha value is -2.76. The highest BCUT2D eigenvalue weighted by Crippen LogP contribution is 2.27. The SMILES string of the molecule is COc1ccc(CCNC(=O)c2cccnc2N2CCCCC2)cc1OC. The van der Waals surface area contributed by atoms with E-state index in [-0.39, 0.29) is 5.91 Å². The van der Waals surface area contributed by atoms with Gasteiger partial charge in [0.1, 0.15) is 5.82 Å². The molecule has 27 heavy (non-hydrogen) atoms. The maximum absolute atomic E-state index is 12.7. The summed E-state index contributed by atoms with van der Waals surface area (Å²) in [6, 6.07) is 9.47. The van der Waals surface area contributed by atoms with Crippen LogP contribution in [-0.4, -0.2) is 44.7 Å². The van der Waals surface area contributed by atoms with E-state index in [0.717, 1.165) is 37.3 Å². The summed E-state index contributed by atoms with van der Waals surface area (Å²) in [5.41, 5.74) is 1.72. The lowest BCUT2D eigenvalue weighted by atomic mass is 10.1. The third kappa shape index (κ3) is 4.70. The van der Waals surface area contributed by atoms with Crippen molar-refractivity contribution in [1.29, 1.82) is 0 Å². The first kappa shape index (κ1) is 19.0. The molecule has 0 bridgehead atoms. The molecule has 1 saturated heterocycles. The summed E-state index contributed by atoms with van der Waals surface area (Å²) in [6.07, 6.45) is 6.01. The molecule has 0 atom stereocenters. The molecule has 144 valence electrons. The van der Waals surface area contributed by atoms with E-state index in [1.54, 1.807) is 20.4 Å². The molecule has 0 aliphatic carbocycles. The van der Waals surface area contributed by atoms with Crippen LogP contribution >= 0.6 is 0 Å². The van der Waals surface area contributed by atoms with Gasteiger partial charge in [-0.3, -0.25) is 4.79 Å². The van der Waals surface area contributed by atoms with E-state index in [1.165, 1.54) is 6.42 Å². The van der Waals surface area contributed by atoms with Crippen molar-refractivity contribution in [2.75, 3.05) is 38.8 Å². The van der Waals surface area contributed by atoms with Gasteiger partial charge in [-0.2, -0.15) is 0 Å². The molecule has 6 nitrogen and oxygen atoms in total. The molecule has 1 aliphatic rings. The summed E-state index contributed by atoms with van der Waals surface area (Å²) in [4.78, 5) is 19.4. The number of aromatic nitrogens is 1. The van der Waals surface area contributed by atoms with E-state index in [4.69, 9.17) is 9.47 Å². The van der Waals surface area contributed by atoms with E-state index >= 15 is 0 Å². The fourth-order valence-corrected chi connectivity index (χ4v) is 3.38. The monoisotopic (exact) mass is 369 g/mol. The maximum Gasteiger partial charge on any atom is 0.255 e. The zero-order chi connectivity index (χ0) is 19.1. The number of carbonyl (C=O) groups excluding carboxylic acids is 1. The van der Waals surface area contributed by atoms with Crippen LogP contribution in [0, 0.1) is 0 Å². The van der Waals surface area contributed by atoms with Crippen molar-refractivity contribution in [2.45, 2.75) is 25.7 Å². The lowest BCUT2D eigenvalue weighted by molar-refractivity contribution is 0.0954. The molecule has 6 heteroatoms. The highest BCUT2D eigenvalue weighted by atomic mass is 16.5. The predicted molar refractivity (Wildman–Crippen MR) is 106 cm³/mol. The zero-order valence-electron chi connectivity index (χ0n) is 16.0. The average Bonchev–Trinajstić information content (AvgIpc) is 2.74. The molecule has 2 aromatic rings. The standard InChI is InChI=1S/C21H27N3O3/c1-26-18-9-8-16(15-19(18)27-2)10-12-23-21(25)17-7-6-11-22-20(17)24-13-4-3-5-14-24/h6-9,11,15H,3-5,10,12-14H2,1-2H3,(H,23,25). The zero-order valence-corrected chi connectivity index (χ0v) is 16.0. The second-order valence-corrected chi connectivity index (χ2v) is 6.62. The van der Waals surface area contributed by atoms with Crippen LogP contribution in [0.1, 0.15) is 35.2 Å². The summed E-state index contributed by atoms with van der Waals surface area (Å²) < 4.78 is 10.6. The molecule has 1 fully saturated rings. The normalized spacial score (nSPS) is 13.9. The molecular formula is C21H27N3O3. The second-order valence-electron chi connectivity index (χ2n) is 6.62. The fraction of sp³-hybridized carbons (Fsp3) is 0.429. The number of amides is 1. The van der Waals surface area contributed by atoms with Crippen LogP contribution in [0.3, 0.4) is 0 Å². The van der Waals surface area contributed by atoms with E-state index < -0.39 is 0 Å². The first-order chi connectivity index (χ1) is 13.2. The number of nitrogens with one attached hydrogen (secondary N) is 1. The Morgan fingerprint density at radius 1 is 1.11 bits per heavy atom. The molecule has 0 saturated carbocycles. The predicted octanol–water partition coefficient (Wildman–Crippen LogP) is 3.06. The summed E-state index contributed by atoms with van der Waals surface area (Å²) in [5, 5.41) is 3.02. The molecule has 3 rings (SSSR count). The highest BCUT2D eigenvalue weighted by Gasteiger charge is 2.19. The van der Waals surface area contributed by atoms with Crippen molar-refractivity contribution in [2.24, 2.45) is 0 Å². The van der Waals surface area contributed by atoms with Crippen LogP contribution < -0.4 is 19.7 Å². The van der Waals surface area contributed by atoms with Crippen molar-refractivity contribution in [3.05, 3.63) is 47.7 Å². The number of carbonyl (C=O) groups is 1. The van der Waals surface area contributed by atoms with Crippen LogP contribution in [0.15, 0.2) is 36.5 Å². The smallest absolute Gasteiger partial charge is 0.255 e. The first-order valence-electron chi connectivity index (χ1n) is 9.42. The summed E-state index contributed by atoms with van der Waals surface area (Å²) in [5.74, 6) is 2.11. The number of hydrogen-bond donors (Lipinski definition) is 1. The number of benzene rings is 1. The summed E-state index contributed by atoms with van der Waals surface area (Å²) in [6.45, 7) is 2.47. The molecule has 1 amide bonds. The minimum absolute atomic E-state index is 0.0795. The van der Waals surface area contributed by atoms with Gasteiger partial charge in [0, 0.05) is 25.8 Å². The van der Waals surface area contributed by atoms with Gasteiger partial charge in [-0.05, 0) is 55.5 Å². The molecule has 1 aromatic heterocycles. The Kier molecular flexibility index (Phi) is 6.52. The van der Waals surface area contributed by atoms with Crippen LogP contribution in [0.5, 0.6) is 11.5 Å². The molecule has 0 spiro atoms. The number of nitrogens with zero attached hydrogens (tertiary/aromatic N) is 2. The van der Waals surface area contributed by atoms with Crippen LogP contribution in [0.4, 0.5) is 5.82 Å². The van der Waals surface area contributed by atoms with Gasteiger partial charge in [0.2, 0.25) is 0 Å². The summed E-state index contributed by atoms with van der Waals surface area (Å²) >= 11 is 0. The van der Waals surface area contributed by atoms with Gasteiger partial charge in [0.05, 0.1) is 19.8 Å². The number of pyridine rings is 1. The van der Waals surface area contributed by atoms with Gasteiger partial charge in [-0.1, -0.05) is 6.07 Å². The minimum atomic E-state index is -0.0795. The first-order valence-corrected chi connectivity index (χ1v) is 9.42. The molecule has 0 radical (unpaired) electrons. The highest BCUT2D eigenvalue weighted by molar-refractivity contribution is 5.98. The lowest BCUT2D eigenvalue weighted by Crippen LogP contribution is -2.34. The van der Waals surface area contributed by atoms with Gasteiger partial charge in [0.25, 0.3) is 5.91 Å². The van der Waals surface area contributed by atoms with Gasteiger partial charge >= 0.3 is 0 Å². The Balaban J connectivity index is 1.61. The number of methoxy groups -OCH3 is 2. The molecular weight excluding hydrogens is 342 g/mol. The van der Waals surface area contributed by atoms with Crippen molar-refractivity contribution >= 4 is 11.7 Å². The Labute approximate surface area is 160 Å². The van der Waals surface area contributed by atoms with Crippen LogP contribution in [-0.2, 0) is 6.42 Å². The van der Waals surface area contributed by atoms with Crippen LogP contribution in [0.25, 0.3) is 0 Å². The van der Waals surface area contributed by atoms with Gasteiger partial charge in [-0.25, -0.2) is 4.98 Å².